The minimum atomic E-state index is -0.375. The fraction of sp³-hybridized carbons (Fsp3) is 0.467. The maximum absolute atomic E-state index is 11.4. The number of amides is 1. The molecule has 0 saturated carbocycles. The Kier molecular flexibility index (Phi) is 4.98. The Labute approximate surface area is 118 Å². The van der Waals surface area contributed by atoms with Crippen molar-refractivity contribution in [1.29, 1.82) is 0 Å². The van der Waals surface area contributed by atoms with E-state index < -0.39 is 0 Å². The van der Waals surface area contributed by atoms with Crippen molar-refractivity contribution in [2.45, 2.75) is 32.6 Å². The van der Waals surface area contributed by atoms with Crippen molar-refractivity contribution in [1.82, 2.24) is 0 Å². The highest BCUT2D eigenvalue weighted by Gasteiger charge is 2.15. The Hall–Kier alpha value is -2.04. The second kappa shape index (κ2) is 6.93. The minimum absolute atomic E-state index is 0.00799. The van der Waals surface area contributed by atoms with Gasteiger partial charge >= 0.3 is 5.97 Å². The fourth-order valence-electron chi connectivity index (χ4n) is 1.95. The van der Waals surface area contributed by atoms with Crippen LogP contribution in [0, 0.1) is 0 Å². The standard InChI is InChI=1S/C15H19NO4/c1-2-3-8-19-15(18)10-20-12-6-4-11-5-7-14(17)16-13(11)9-12/h4,6,9H,2-3,5,7-8,10H2,1H3,(H,16,17). The molecule has 1 N–H and O–H groups in total. The zero-order valence-corrected chi connectivity index (χ0v) is 11.6. The number of carbonyl (C=O) groups excluding carboxylic acids is 2. The zero-order chi connectivity index (χ0) is 14.4. The first-order chi connectivity index (χ1) is 9.69. The fourth-order valence-corrected chi connectivity index (χ4v) is 1.95. The quantitative estimate of drug-likeness (QED) is 0.640. The monoisotopic (exact) mass is 277 g/mol. The zero-order valence-electron chi connectivity index (χ0n) is 11.6. The van der Waals surface area contributed by atoms with Crippen LogP contribution in [0.4, 0.5) is 5.69 Å². The Morgan fingerprint density at radius 1 is 1.35 bits per heavy atom. The number of anilines is 1. The lowest BCUT2D eigenvalue weighted by Gasteiger charge is -2.17. The number of fused-ring (bicyclic) bond motifs is 1. The molecule has 0 fully saturated rings. The molecule has 0 saturated heterocycles. The summed E-state index contributed by atoms with van der Waals surface area (Å²) in [5.41, 5.74) is 1.85. The molecule has 5 nitrogen and oxygen atoms in total. The number of ether oxygens (including phenoxy) is 2. The smallest absolute Gasteiger partial charge is 0.344 e. The van der Waals surface area contributed by atoms with Gasteiger partial charge in [0.1, 0.15) is 5.75 Å². The van der Waals surface area contributed by atoms with Crippen molar-refractivity contribution < 1.29 is 19.1 Å². The largest absolute Gasteiger partial charge is 0.482 e. The van der Waals surface area contributed by atoms with Gasteiger partial charge in [-0.2, -0.15) is 0 Å². The molecule has 0 aromatic heterocycles. The maximum Gasteiger partial charge on any atom is 0.344 e. The van der Waals surface area contributed by atoms with Gasteiger partial charge in [-0.25, -0.2) is 4.79 Å². The Morgan fingerprint density at radius 3 is 3.00 bits per heavy atom. The van der Waals surface area contributed by atoms with Crippen LogP contribution in [-0.4, -0.2) is 25.1 Å². The first-order valence-electron chi connectivity index (χ1n) is 6.90. The van der Waals surface area contributed by atoms with E-state index in [1.165, 1.54) is 0 Å². The third kappa shape index (κ3) is 3.98. The predicted octanol–water partition coefficient (Wildman–Crippen LogP) is 2.29. The van der Waals surface area contributed by atoms with Crippen LogP contribution in [0.25, 0.3) is 0 Å². The average Bonchev–Trinajstić information content (AvgIpc) is 2.45. The maximum atomic E-state index is 11.4. The molecule has 1 heterocycles. The number of hydrogen-bond acceptors (Lipinski definition) is 4. The van der Waals surface area contributed by atoms with Crippen LogP contribution < -0.4 is 10.1 Å². The molecule has 1 aliphatic heterocycles. The van der Waals surface area contributed by atoms with Gasteiger partial charge in [0.2, 0.25) is 5.91 Å². The molecule has 1 aromatic rings. The van der Waals surface area contributed by atoms with E-state index >= 15 is 0 Å². The van der Waals surface area contributed by atoms with Crippen LogP contribution in [0.15, 0.2) is 18.2 Å². The number of nitrogens with one attached hydrogen (secondary N) is 1. The third-order valence-electron chi connectivity index (χ3n) is 3.09. The molecule has 0 atom stereocenters. The highest BCUT2D eigenvalue weighted by Crippen LogP contribution is 2.27. The van der Waals surface area contributed by atoms with Gasteiger partial charge in [0, 0.05) is 18.2 Å². The van der Waals surface area contributed by atoms with E-state index in [-0.39, 0.29) is 18.5 Å². The van der Waals surface area contributed by atoms with E-state index in [1.807, 2.05) is 13.0 Å². The number of rotatable bonds is 6. The van der Waals surface area contributed by atoms with E-state index in [9.17, 15) is 9.59 Å². The molecule has 0 spiro atoms. The highest BCUT2D eigenvalue weighted by molar-refractivity contribution is 5.94. The summed E-state index contributed by atoms with van der Waals surface area (Å²) in [5, 5.41) is 2.79. The summed E-state index contributed by atoms with van der Waals surface area (Å²) in [7, 11) is 0. The number of aryl methyl sites for hydroxylation is 1. The van der Waals surface area contributed by atoms with Gasteiger partial charge in [0.25, 0.3) is 0 Å². The van der Waals surface area contributed by atoms with Gasteiger partial charge < -0.3 is 14.8 Å². The summed E-state index contributed by atoms with van der Waals surface area (Å²) in [5.74, 6) is 0.187. The van der Waals surface area contributed by atoms with Gasteiger partial charge in [-0.15, -0.1) is 0 Å². The summed E-state index contributed by atoms with van der Waals surface area (Å²) in [6.45, 7) is 2.35. The molecule has 20 heavy (non-hydrogen) atoms. The third-order valence-corrected chi connectivity index (χ3v) is 3.09. The molecule has 1 aromatic carbocycles. The normalized spacial score (nSPS) is 13.3. The lowest BCUT2D eigenvalue weighted by molar-refractivity contribution is -0.146. The van der Waals surface area contributed by atoms with Gasteiger partial charge in [-0.3, -0.25) is 4.79 Å². The van der Waals surface area contributed by atoms with E-state index in [2.05, 4.69) is 5.32 Å². The summed E-state index contributed by atoms with van der Waals surface area (Å²) in [6, 6.07) is 5.45. The first-order valence-corrected chi connectivity index (χ1v) is 6.90. The number of unbranched alkanes of at least 4 members (excludes halogenated alkanes) is 1. The summed E-state index contributed by atoms with van der Waals surface area (Å²) in [6.07, 6.45) is 3.09. The van der Waals surface area contributed by atoms with E-state index in [0.717, 1.165) is 30.5 Å². The van der Waals surface area contributed by atoms with Crippen molar-refractivity contribution in [2.75, 3.05) is 18.5 Å². The molecule has 0 bridgehead atoms. The van der Waals surface area contributed by atoms with Crippen LogP contribution in [0.3, 0.4) is 0 Å². The van der Waals surface area contributed by atoms with Crippen LogP contribution >= 0.6 is 0 Å². The van der Waals surface area contributed by atoms with Crippen LogP contribution in [0.5, 0.6) is 5.75 Å². The molecular formula is C15H19NO4. The highest BCUT2D eigenvalue weighted by atomic mass is 16.6. The topological polar surface area (TPSA) is 64.6 Å². The number of benzene rings is 1. The van der Waals surface area contributed by atoms with E-state index in [4.69, 9.17) is 9.47 Å². The van der Waals surface area contributed by atoms with Gasteiger partial charge in [-0.1, -0.05) is 19.4 Å². The van der Waals surface area contributed by atoms with Crippen molar-refractivity contribution in [3.63, 3.8) is 0 Å². The number of carbonyl (C=O) groups is 2. The molecule has 0 unspecified atom stereocenters. The van der Waals surface area contributed by atoms with Crippen molar-refractivity contribution in [2.24, 2.45) is 0 Å². The first kappa shape index (κ1) is 14.4. The Balaban J connectivity index is 1.86. The summed E-state index contributed by atoms with van der Waals surface area (Å²) < 4.78 is 10.4. The van der Waals surface area contributed by atoms with Crippen LogP contribution in [-0.2, 0) is 20.7 Å². The lowest BCUT2D eigenvalue weighted by Crippen LogP contribution is -2.19. The molecule has 0 radical (unpaired) electrons. The van der Waals surface area contributed by atoms with E-state index in [1.54, 1.807) is 12.1 Å². The molecule has 2 rings (SSSR count). The van der Waals surface area contributed by atoms with E-state index in [0.29, 0.717) is 18.8 Å². The van der Waals surface area contributed by atoms with Crippen LogP contribution in [0.2, 0.25) is 0 Å². The average molecular weight is 277 g/mol. The molecule has 0 aliphatic carbocycles. The molecule has 5 heteroatoms. The Bertz CT molecular complexity index is 499. The summed E-state index contributed by atoms with van der Waals surface area (Å²) >= 11 is 0. The van der Waals surface area contributed by atoms with Gasteiger partial charge in [0.05, 0.1) is 6.61 Å². The number of hydrogen-bond donors (Lipinski definition) is 1. The van der Waals surface area contributed by atoms with Gasteiger partial charge in [-0.05, 0) is 24.5 Å². The number of esters is 1. The Morgan fingerprint density at radius 2 is 2.20 bits per heavy atom. The molecule has 1 aliphatic rings. The second-order valence-electron chi connectivity index (χ2n) is 4.73. The molecule has 108 valence electrons. The summed E-state index contributed by atoms with van der Waals surface area (Å²) in [4.78, 5) is 22.7. The van der Waals surface area contributed by atoms with Gasteiger partial charge in [0.15, 0.2) is 6.61 Å². The predicted molar refractivity (Wildman–Crippen MR) is 74.8 cm³/mol. The van der Waals surface area contributed by atoms with Crippen molar-refractivity contribution >= 4 is 17.6 Å². The molecule has 1 amide bonds. The van der Waals surface area contributed by atoms with Crippen molar-refractivity contribution in [3.05, 3.63) is 23.8 Å². The SMILES string of the molecule is CCCCOC(=O)COc1ccc2c(c1)NC(=O)CC2. The van der Waals surface area contributed by atoms with Crippen molar-refractivity contribution in [3.8, 4) is 5.75 Å². The lowest BCUT2D eigenvalue weighted by atomic mass is 10.0. The molecular weight excluding hydrogens is 258 g/mol. The second-order valence-corrected chi connectivity index (χ2v) is 4.73. The minimum Gasteiger partial charge on any atom is -0.482 e. The van der Waals surface area contributed by atoms with Crippen LogP contribution in [0.1, 0.15) is 31.7 Å².